The van der Waals surface area contributed by atoms with E-state index < -0.39 is 24.3 Å². The van der Waals surface area contributed by atoms with E-state index in [2.05, 4.69) is 160 Å². The van der Waals surface area contributed by atoms with E-state index in [0.717, 1.165) is 141 Å². The zero-order valence-corrected chi connectivity index (χ0v) is 51.4. The fourth-order valence-electron chi connectivity index (χ4n) is 8.01. The highest BCUT2D eigenvalue weighted by Crippen LogP contribution is 2.14. The van der Waals surface area contributed by atoms with Crippen LogP contribution in [-0.2, 0) is 33.3 Å². The Morgan fingerprint density at radius 2 is 0.713 bits per heavy atom. The standard InChI is InChI=1S/C71H115NO8/c1-6-8-10-12-14-16-18-20-22-24-26-27-28-29-30-31-32-33-34-35-36-37-38-39-40-41-42-43-44-46-48-50-52-54-56-58-60-62-69(74)80-67(66-79-71(70(75)76)77-64-63-72(3,4)5)65-78-68(73)61-59-57-55-53-51-49-47-45-25-23-21-19-17-15-13-11-9-7-2/h8,10,14,16-17,19-20,22-23,25-27,29-30,32-33,35-36,38-39,41-42,44,46,67,71H,6-7,9,11-13,15,18,21,24,28,31,34,37,40,43,45,47-66H2,1-5H3/p+1/b10-8-,16-14-,19-17-,22-20-,25-23-,27-26-,30-29-,33-32-,36-35-,39-38-,42-41-,46-44-. The Kier molecular flexibility index (Phi) is 56.6. The minimum Gasteiger partial charge on any atom is -0.477 e. The minimum absolute atomic E-state index is 0.175. The molecule has 0 radical (unpaired) electrons. The molecule has 452 valence electrons. The molecule has 9 heteroatoms. The van der Waals surface area contributed by atoms with Gasteiger partial charge in [0.1, 0.15) is 13.2 Å². The Morgan fingerprint density at radius 1 is 0.388 bits per heavy atom. The molecule has 9 nitrogen and oxygen atoms in total. The zero-order chi connectivity index (χ0) is 58.3. The molecule has 0 saturated heterocycles. The number of nitrogens with zero attached hydrogens (tertiary/aromatic N) is 1. The normalized spacial score (nSPS) is 13.8. The fraction of sp³-hybridized carbons (Fsp3) is 0.620. The van der Waals surface area contributed by atoms with Gasteiger partial charge in [0.2, 0.25) is 0 Å². The Balaban J connectivity index is 4.26. The number of aliphatic carboxylic acids is 1. The van der Waals surface area contributed by atoms with Crippen molar-refractivity contribution in [2.45, 2.75) is 238 Å². The van der Waals surface area contributed by atoms with Crippen LogP contribution in [-0.4, -0.2) is 87.4 Å². The van der Waals surface area contributed by atoms with Gasteiger partial charge in [-0.15, -0.1) is 0 Å². The Labute approximate surface area is 490 Å². The van der Waals surface area contributed by atoms with Crippen molar-refractivity contribution in [3.05, 3.63) is 146 Å². The number of carbonyl (C=O) groups is 3. The second-order valence-electron chi connectivity index (χ2n) is 21.6. The first-order valence-corrected chi connectivity index (χ1v) is 31.5. The van der Waals surface area contributed by atoms with Crippen molar-refractivity contribution in [1.82, 2.24) is 0 Å². The SMILES string of the molecule is CC/C=C\C/C=C\C/C=C\C/C=C\C/C=C\C/C=C\C/C=C\C/C=C\C/C=C\C/C=C\CCCCCCCCC(=O)OC(COC(=O)CCCCCCCCC/C=C\C/C=C\CCCCCC)COC(OCC[N+](C)(C)C)C(=O)O. The molecule has 0 fully saturated rings. The van der Waals surface area contributed by atoms with E-state index in [1.54, 1.807) is 0 Å². The molecule has 0 aromatic rings. The highest BCUT2D eigenvalue weighted by molar-refractivity contribution is 5.71. The van der Waals surface area contributed by atoms with E-state index in [4.69, 9.17) is 18.9 Å². The topological polar surface area (TPSA) is 108 Å². The van der Waals surface area contributed by atoms with Crippen LogP contribution in [0.1, 0.15) is 226 Å². The average Bonchev–Trinajstić information content (AvgIpc) is 3.43. The zero-order valence-electron chi connectivity index (χ0n) is 51.4. The lowest BCUT2D eigenvalue weighted by molar-refractivity contribution is -0.870. The van der Waals surface area contributed by atoms with E-state index in [-0.39, 0.29) is 38.6 Å². The van der Waals surface area contributed by atoms with Crippen molar-refractivity contribution in [3.63, 3.8) is 0 Å². The van der Waals surface area contributed by atoms with Gasteiger partial charge in [-0.2, -0.15) is 0 Å². The minimum atomic E-state index is -1.53. The molecule has 0 aliphatic rings. The van der Waals surface area contributed by atoms with Crippen LogP contribution in [0.3, 0.4) is 0 Å². The summed E-state index contributed by atoms with van der Waals surface area (Å²) in [4.78, 5) is 37.5. The Morgan fingerprint density at radius 3 is 1.06 bits per heavy atom. The first-order chi connectivity index (χ1) is 39.1. The first kappa shape index (κ1) is 75.2. The van der Waals surface area contributed by atoms with E-state index >= 15 is 0 Å². The van der Waals surface area contributed by atoms with Gasteiger partial charge in [0, 0.05) is 12.8 Å². The molecule has 2 unspecified atom stereocenters. The number of ether oxygens (including phenoxy) is 4. The van der Waals surface area contributed by atoms with E-state index in [1.807, 2.05) is 21.1 Å². The third-order valence-electron chi connectivity index (χ3n) is 12.8. The third kappa shape index (κ3) is 60.8. The molecular weight excluding hydrogens is 995 g/mol. The van der Waals surface area contributed by atoms with Crippen LogP contribution in [0.15, 0.2) is 146 Å². The summed E-state index contributed by atoms with van der Waals surface area (Å²) in [6, 6.07) is 0. The molecule has 0 amide bonds. The maximum Gasteiger partial charge on any atom is 0.361 e. The first-order valence-electron chi connectivity index (χ1n) is 31.5. The predicted molar refractivity (Wildman–Crippen MR) is 340 cm³/mol. The van der Waals surface area contributed by atoms with Crippen LogP contribution in [0.2, 0.25) is 0 Å². The van der Waals surface area contributed by atoms with Gasteiger partial charge in [-0.3, -0.25) is 9.59 Å². The lowest BCUT2D eigenvalue weighted by atomic mass is 10.1. The molecule has 0 aromatic carbocycles. The maximum atomic E-state index is 12.9. The van der Waals surface area contributed by atoms with E-state index in [0.29, 0.717) is 17.4 Å². The highest BCUT2D eigenvalue weighted by Gasteiger charge is 2.25. The van der Waals surface area contributed by atoms with Crippen LogP contribution >= 0.6 is 0 Å². The summed E-state index contributed by atoms with van der Waals surface area (Å²) in [6.45, 7) is 4.70. The van der Waals surface area contributed by atoms with Gasteiger partial charge >= 0.3 is 17.9 Å². The van der Waals surface area contributed by atoms with Crippen molar-refractivity contribution in [2.75, 3.05) is 47.5 Å². The molecule has 2 atom stereocenters. The lowest BCUT2D eigenvalue weighted by Gasteiger charge is -2.25. The number of rotatable bonds is 56. The van der Waals surface area contributed by atoms with Gasteiger partial charge in [0.15, 0.2) is 6.10 Å². The number of carboxylic acid groups (broad SMARTS) is 1. The van der Waals surface area contributed by atoms with Gasteiger partial charge in [-0.05, 0) is 122 Å². The number of likely N-dealkylation sites (N-methyl/N-ethyl adjacent to an activating group) is 1. The van der Waals surface area contributed by atoms with Crippen LogP contribution in [0.4, 0.5) is 0 Å². The quantitative estimate of drug-likeness (QED) is 0.0211. The number of esters is 2. The number of carboxylic acids is 1. The van der Waals surface area contributed by atoms with Crippen molar-refractivity contribution in [2.24, 2.45) is 0 Å². The van der Waals surface area contributed by atoms with Crippen LogP contribution in [0.25, 0.3) is 0 Å². The Hall–Kier alpha value is -4.83. The van der Waals surface area contributed by atoms with E-state index in [1.165, 1.54) is 51.4 Å². The number of unbranched alkanes of at least 4 members (excludes halogenated alkanes) is 17. The van der Waals surface area contributed by atoms with Crippen LogP contribution < -0.4 is 0 Å². The van der Waals surface area contributed by atoms with Gasteiger partial charge in [-0.25, -0.2) is 4.79 Å². The molecule has 0 rings (SSSR count). The molecule has 80 heavy (non-hydrogen) atoms. The van der Waals surface area contributed by atoms with Gasteiger partial charge in [-0.1, -0.05) is 237 Å². The molecule has 0 aliphatic carbocycles. The van der Waals surface area contributed by atoms with Crippen molar-refractivity contribution in [1.29, 1.82) is 0 Å². The summed E-state index contributed by atoms with van der Waals surface area (Å²) < 4.78 is 22.9. The molecule has 0 spiro atoms. The maximum absolute atomic E-state index is 12.9. The smallest absolute Gasteiger partial charge is 0.361 e. The summed E-state index contributed by atoms with van der Waals surface area (Å²) in [5.74, 6) is -2.05. The number of hydrogen-bond acceptors (Lipinski definition) is 7. The van der Waals surface area contributed by atoms with Gasteiger partial charge in [0.25, 0.3) is 6.29 Å². The predicted octanol–water partition coefficient (Wildman–Crippen LogP) is 19.2. The fourth-order valence-corrected chi connectivity index (χ4v) is 8.01. The highest BCUT2D eigenvalue weighted by atomic mass is 16.7. The lowest BCUT2D eigenvalue weighted by Crippen LogP contribution is -2.40. The van der Waals surface area contributed by atoms with Crippen LogP contribution in [0.5, 0.6) is 0 Å². The molecule has 0 aromatic heterocycles. The summed E-state index contributed by atoms with van der Waals surface area (Å²) in [5, 5.41) is 9.71. The molecule has 0 bridgehead atoms. The van der Waals surface area contributed by atoms with Crippen molar-refractivity contribution in [3.8, 4) is 0 Å². The summed E-state index contributed by atoms with van der Waals surface area (Å²) in [6.07, 6.45) is 85.0. The number of hydrogen-bond donors (Lipinski definition) is 1. The summed E-state index contributed by atoms with van der Waals surface area (Å²) >= 11 is 0. The molecule has 0 saturated carbocycles. The number of carbonyl (C=O) groups excluding carboxylic acids is 2. The molecule has 1 N–H and O–H groups in total. The van der Waals surface area contributed by atoms with Crippen molar-refractivity contribution < 1.29 is 42.9 Å². The number of allylic oxidation sites excluding steroid dienone is 24. The molecule has 0 heterocycles. The van der Waals surface area contributed by atoms with Crippen LogP contribution in [0, 0.1) is 0 Å². The monoisotopic (exact) mass is 1110 g/mol. The largest absolute Gasteiger partial charge is 0.477 e. The second-order valence-corrected chi connectivity index (χ2v) is 21.6. The average molecular weight is 1110 g/mol. The third-order valence-corrected chi connectivity index (χ3v) is 12.8. The Bertz CT molecular complexity index is 1820. The molecular formula is C71H116NO8+. The van der Waals surface area contributed by atoms with Gasteiger partial charge < -0.3 is 28.5 Å². The summed E-state index contributed by atoms with van der Waals surface area (Å²) in [5.41, 5.74) is 0. The summed E-state index contributed by atoms with van der Waals surface area (Å²) in [7, 11) is 5.95. The van der Waals surface area contributed by atoms with Gasteiger partial charge in [0.05, 0.1) is 34.4 Å². The van der Waals surface area contributed by atoms with Crippen molar-refractivity contribution >= 4 is 17.9 Å². The van der Waals surface area contributed by atoms with E-state index in [9.17, 15) is 19.5 Å². The number of quaternary nitrogens is 1. The second kappa shape index (κ2) is 60.3. The molecule has 0 aliphatic heterocycles.